The number of aliphatic carboxylic acids is 1. The first kappa shape index (κ1) is 15.4. The van der Waals surface area contributed by atoms with Gasteiger partial charge in [0.2, 0.25) is 0 Å². The normalized spacial score (nSPS) is 10.4. The van der Waals surface area contributed by atoms with Crippen LogP contribution in [-0.4, -0.2) is 16.9 Å². The number of unbranched alkanes of at least 4 members (excludes halogenated alkanes) is 3. The lowest BCUT2D eigenvalue weighted by Gasteiger charge is -2.04. The maximum atomic E-state index is 12.0. The van der Waals surface area contributed by atoms with Gasteiger partial charge < -0.3 is 5.11 Å². The molecule has 1 N–H and O–H groups in total. The van der Waals surface area contributed by atoms with Gasteiger partial charge in [0.1, 0.15) is 0 Å². The Bertz CT molecular complexity index is 429. The maximum absolute atomic E-state index is 12.0. The minimum Gasteiger partial charge on any atom is -0.481 e. The molecule has 1 aromatic rings. The molecule has 0 bridgehead atoms. The Labute approximate surface area is 114 Å². The number of Topliss-reactive ketones (excluding diaryl/α,β-unsaturated/α-hetero) is 1. The van der Waals surface area contributed by atoms with Gasteiger partial charge in [-0.3, -0.25) is 9.59 Å². The average Bonchev–Trinajstić information content (AvgIpc) is 2.31. The van der Waals surface area contributed by atoms with Crippen molar-refractivity contribution in [3.8, 4) is 0 Å². The Kier molecular flexibility index (Phi) is 6.26. The van der Waals surface area contributed by atoms with Gasteiger partial charge in [-0.2, -0.15) is 0 Å². The molecule has 0 saturated carbocycles. The molecule has 0 saturated heterocycles. The lowest BCUT2D eigenvalue weighted by molar-refractivity contribution is -0.137. The SMILES string of the molecule is Cc1cc(C)cc(C(=O)CCCCCCC(=O)O)c1. The molecule has 0 spiro atoms. The van der Waals surface area contributed by atoms with Crippen molar-refractivity contribution < 1.29 is 14.7 Å². The maximum Gasteiger partial charge on any atom is 0.303 e. The Morgan fingerprint density at radius 1 is 0.895 bits per heavy atom. The van der Waals surface area contributed by atoms with Crippen molar-refractivity contribution in [3.05, 3.63) is 34.9 Å². The van der Waals surface area contributed by atoms with Crippen LogP contribution in [0.1, 0.15) is 60.0 Å². The molecule has 0 unspecified atom stereocenters. The molecule has 3 nitrogen and oxygen atoms in total. The molecule has 0 fully saturated rings. The zero-order valence-electron chi connectivity index (χ0n) is 11.7. The van der Waals surface area contributed by atoms with Crippen LogP contribution in [0.15, 0.2) is 18.2 Å². The van der Waals surface area contributed by atoms with Crippen molar-refractivity contribution in [2.75, 3.05) is 0 Å². The second-order valence-electron chi connectivity index (χ2n) is 5.11. The highest BCUT2D eigenvalue weighted by molar-refractivity contribution is 5.96. The second-order valence-corrected chi connectivity index (χ2v) is 5.11. The molecule has 0 aliphatic carbocycles. The van der Waals surface area contributed by atoms with Crippen LogP contribution in [0.2, 0.25) is 0 Å². The monoisotopic (exact) mass is 262 g/mol. The van der Waals surface area contributed by atoms with Gasteiger partial charge in [-0.1, -0.05) is 30.0 Å². The highest BCUT2D eigenvalue weighted by atomic mass is 16.4. The van der Waals surface area contributed by atoms with Crippen LogP contribution in [-0.2, 0) is 4.79 Å². The number of hydrogen-bond donors (Lipinski definition) is 1. The number of benzene rings is 1. The summed E-state index contributed by atoms with van der Waals surface area (Å²) in [6, 6.07) is 5.92. The quantitative estimate of drug-likeness (QED) is 0.571. The summed E-state index contributed by atoms with van der Waals surface area (Å²) < 4.78 is 0. The summed E-state index contributed by atoms with van der Waals surface area (Å²) in [6.07, 6.45) is 4.12. The highest BCUT2D eigenvalue weighted by Gasteiger charge is 2.06. The molecule has 0 heterocycles. The summed E-state index contributed by atoms with van der Waals surface area (Å²) in [4.78, 5) is 22.3. The van der Waals surface area contributed by atoms with Gasteiger partial charge in [0, 0.05) is 18.4 Å². The standard InChI is InChI=1S/C16H22O3/c1-12-9-13(2)11-14(10-12)15(17)7-5-3-4-6-8-16(18)19/h9-11H,3-8H2,1-2H3,(H,18,19). The summed E-state index contributed by atoms with van der Waals surface area (Å²) in [7, 11) is 0. The van der Waals surface area contributed by atoms with E-state index in [-0.39, 0.29) is 12.2 Å². The zero-order valence-corrected chi connectivity index (χ0v) is 11.7. The number of aryl methyl sites for hydroxylation is 2. The predicted octanol–water partition coefficient (Wildman–Crippen LogP) is 3.91. The van der Waals surface area contributed by atoms with Crippen LogP contribution < -0.4 is 0 Å². The van der Waals surface area contributed by atoms with E-state index in [1.807, 2.05) is 26.0 Å². The Morgan fingerprint density at radius 2 is 1.42 bits per heavy atom. The van der Waals surface area contributed by atoms with E-state index in [4.69, 9.17) is 5.11 Å². The topological polar surface area (TPSA) is 54.4 Å². The van der Waals surface area contributed by atoms with Crippen LogP contribution in [0.3, 0.4) is 0 Å². The number of carboxylic acid groups (broad SMARTS) is 1. The van der Waals surface area contributed by atoms with Gasteiger partial charge in [0.15, 0.2) is 5.78 Å². The molecule has 19 heavy (non-hydrogen) atoms. The van der Waals surface area contributed by atoms with Gasteiger partial charge in [0.05, 0.1) is 0 Å². The summed E-state index contributed by atoms with van der Waals surface area (Å²) in [5, 5.41) is 8.50. The lowest BCUT2D eigenvalue weighted by Crippen LogP contribution is -2.00. The van der Waals surface area contributed by atoms with Crippen molar-refractivity contribution in [1.29, 1.82) is 0 Å². The van der Waals surface area contributed by atoms with Crippen LogP contribution in [0.25, 0.3) is 0 Å². The number of carbonyl (C=O) groups excluding carboxylic acids is 1. The van der Waals surface area contributed by atoms with E-state index >= 15 is 0 Å². The van der Waals surface area contributed by atoms with E-state index < -0.39 is 5.97 Å². The van der Waals surface area contributed by atoms with E-state index in [1.165, 1.54) is 0 Å². The molecule has 0 atom stereocenters. The van der Waals surface area contributed by atoms with E-state index in [2.05, 4.69) is 6.07 Å². The fraction of sp³-hybridized carbons (Fsp3) is 0.500. The van der Waals surface area contributed by atoms with Crippen LogP contribution >= 0.6 is 0 Å². The van der Waals surface area contributed by atoms with Gasteiger partial charge in [-0.25, -0.2) is 0 Å². The molecular formula is C16H22O3. The van der Waals surface area contributed by atoms with Crippen molar-refractivity contribution in [2.24, 2.45) is 0 Å². The van der Waals surface area contributed by atoms with Crippen molar-refractivity contribution in [2.45, 2.75) is 52.4 Å². The van der Waals surface area contributed by atoms with Crippen molar-refractivity contribution >= 4 is 11.8 Å². The second kappa shape index (κ2) is 7.72. The zero-order chi connectivity index (χ0) is 14.3. The minimum absolute atomic E-state index is 0.185. The van der Waals surface area contributed by atoms with Gasteiger partial charge >= 0.3 is 5.97 Å². The summed E-state index contributed by atoms with van der Waals surface area (Å²) in [5.74, 6) is -0.559. The lowest BCUT2D eigenvalue weighted by atomic mass is 10.00. The molecule has 0 amide bonds. The first-order chi connectivity index (χ1) is 8.99. The third kappa shape index (κ3) is 6.18. The first-order valence-corrected chi connectivity index (χ1v) is 6.82. The van der Waals surface area contributed by atoms with Crippen molar-refractivity contribution in [3.63, 3.8) is 0 Å². The molecule has 104 valence electrons. The van der Waals surface area contributed by atoms with E-state index in [0.717, 1.165) is 36.0 Å². The minimum atomic E-state index is -0.744. The van der Waals surface area contributed by atoms with Crippen LogP contribution in [0.4, 0.5) is 0 Å². The van der Waals surface area contributed by atoms with Gasteiger partial charge in [-0.05, 0) is 38.8 Å². The van der Waals surface area contributed by atoms with E-state index in [0.29, 0.717) is 12.8 Å². The van der Waals surface area contributed by atoms with Gasteiger partial charge in [-0.15, -0.1) is 0 Å². The molecule has 0 aliphatic rings. The summed E-state index contributed by atoms with van der Waals surface area (Å²) >= 11 is 0. The van der Waals surface area contributed by atoms with Crippen molar-refractivity contribution in [1.82, 2.24) is 0 Å². The molecule has 0 aromatic heterocycles. The van der Waals surface area contributed by atoms with Gasteiger partial charge in [0.25, 0.3) is 0 Å². The fourth-order valence-corrected chi connectivity index (χ4v) is 2.20. The highest BCUT2D eigenvalue weighted by Crippen LogP contribution is 2.13. The Balaban J connectivity index is 2.29. The fourth-order valence-electron chi connectivity index (χ4n) is 2.20. The Hall–Kier alpha value is -1.64. The number of rotatable bonds is 8. The smallest absolute Gasteiger partial charge is 0.303 e. The van der Waals surface area contributed by atoms with E-state index in [9.17, 15) is 9.59 Å². The summed E-state index contributed by atoms with van der Waals surface area (Å²) in [6.45, 7) is 3.99. The largest absolute Gasteiger partial charge is 0.481 e. The summed E-state index contributed by atoms with van der Waals surface area (Å²) in [5.41, 5.74) is 3.03. The molecule has 3 heteroatoms. The average molecular weight is 262 g/mol. The Morgan fingerprint density at radius 3 is 1.95 bits per heavy atom. The molecular weight excluding hydrogens is 240 g/mol. The number of ketones is 1. The first-order valence-electron chi connectivity index (χ1n) is 6.82. The third-order valence-electron chi connectivity index (χ3n) is 3.09. The number of hydrogen-bond acceptors (Lipinski definition) is 2. The van der Waals surface area contributed by atoms with E-state index in [1.54, 1.807) is 0 Å². The molecule has 1 rings (SSSR count). The number of carboxylic acids is 1. The number of carbonyl (C=O) groups is 2. The van der Waals surface area contributed by atoms with Crippen LogP contribution in [0.5, 0.6) is 0 Å². The van der Waals surface area contributed by atoms with Crippen LogP contribution in [0, 0.1) is 13.8 Å². The predicted molar refractivity (Wildman–Crippen MR) is 75.6 cm³/mol. The third-order valence-corrected chi connectivity index (χ3v) is 3.09. The molecule has 1 aromatic carbocycles. The molecule has 0 aliphatic heterocycles. The molecule has 0 radical (unpaired) electrons.